The summed E-state index contributed by atoms with van der Waals surface area (Å²) < 4.78 is 5.99. The van der Waals surface area contributed by atoms with Crippen molar-refractivity contribution in [1.82, 2.24) is 4.90 Å². The molecule has 2 aromatic carbocycles. The second kappa shape index (κ2) is 11.9. The van der Waals surface area contributed by atoms with Gasteiger partial charge in [0.25, 0.3) is 0 Å². The quantitative estimate of drug-likeness (QED) is 0.382. The Morgan fingerprint density at radius 1 is 1.17 bits per heavy atom. The summed E-state index contributed by atoms with van der Waals surface area (Å²) in [7, 11) is 0. The molecule has 2 N–H and O–H groups in total. The third-order valence-corrected chi connectivity index (χ3v) is 7.18. The van der Waals surface area contributed by atoms with Crippen molar-refractivity contribution in [2.24, 2.45) is 0 Å². The summed E-state index contributed by atoms with van der Waals surface area (Å²) >= 11 is 1.68. The monoisotopic (exact) mass is 502 g/mol. The minimum atomic E-state index is -0.863. The minimum Gasteiger partial charge on any atom is -0.489 e. The molecule has 1 atom stereocenters. The van der Waals surface area contributed by atoms with Gasteiger partial charge in [-0.1, -0.05) is 42.3 Å². The number of hydrogen-bond donors (Lipinski definition) is 2. The molecule has 186 valence electrons. The number of carboxylic acid groups (broad SMARTS) is 1. The van der Waals surface area contributed by atoms with Crippen molar-refractivity contribution in [2.75, 3.05) is 11.9 Å². The number of hydrogen-bond acceptors (Lipinski definition) is 5. The lowest BCUT2D eigenvalue weighted by molar-refractivity contribution is -0.137. The highest BCUT2D eigenvalue weighted by molar-refractivity contribution is 7.16. The van der Waals surface area contributed by atoms with E-state index in [9.17, 15) is 9.59 Å². The summed E-state index contributed by atoms with van der Waals surface area (Å²) in [5.74, 6) is 5.30. The molecule has 0 aliphatic carbocycles. The number of ether oxygens (including phenoxy) is 1. The molecule has 7 heteroatoms. The Morgan fingerprint density at radius 2 is 1.94 bits per heavy atom. The maximum Gasteiger partial charge on any atom is 0.304 e. The number of rotatable bonds is 9. The number of nitrogens with zero attached hydrogens (tertiary/aromatic N) is 1. The minimum absolute atomic E-state index is 0.0188. The van der Waals surface area contributed by atoms with Gasteiger partial charge in [-0.05, 0) is 53.8 Å². The van der Waals surface area contributed by atoms with E-state index in [4.69, 9.17) is 9.84 Å². The zero-order valence-electron chi connectivity index (χ0n) is 20.5. The Labute approximate surface area is 215 Å². The predicted octanol–water partition coefficient (Wildman–Crippen LogP) is 5.43. The fraction of sp³-hybridized carbons (Fsp3) is 0.310. The highest BCUT2D eigenvalue weighted by Crippen LogP contribution is 2.32. The Balaban J connectivity index is 1.33. The number of carbonyl (C=O) groups excluding carboxylic acids is 1. The summed E-state index contributed by atoms with van der Waals surface area (Å²) in [4.78, 5) is 26.3. The van der Waals surface area contributed by atoms with E-state index in [1.54, 1.807) is 18.3 Å². The molecular formula is C29H30N2O4S. The van der Waals surface area contributed by atoms with Crippen LogP contribution in [0, 0.1) is 11.8 Å². The average molecular weight is 503 g/mol. The Morgan fingerprint density at radius 3 is 2.67 bits per heavy atom. The van der Waals surface area contributed by atoms with Gasteiger partial charge >= 0.3 is 5.97 Å². The molecule has 1 aromatic heterocycles. The molecule has 0 saturated carbocycles. The summed E-state index contributed by atoms with van der Waals surface area (Å²) in [6.45, 7) is 6.44. The fourth-order valence-electron chi connectivity index (χ4n) is 4.40. The van der Waals surface area contributed by atoms with E-state index in [2.05, 4.69) is 52.4 Å². The maximum atomic E-state index is 11.4. The van der Waals surface area contributed by atoms with Crippen LogP contribution in [-0.2, 0) is 35.7 Å². The van der Waals surface area contributed by atoms with Crippen LogP contribution in [-0.4, -0.2) is 28.4 Å². The lowest BCUT2D eigenvalue weighted by atomic mass is 9.96. The van der Waals surface area contributed by atoms with Gasteiger partial charge in [-0.3, -0.25) is 14.5 Å². The fourth-order valence-corrected chi connectivity index (χ4v) is 5.51. The highest BCUT2D eigenvalue weighted by atomic mass is 32.1. The Hall–Kier alpha value is -3.60. The van der Waals surface area contributed by atoms with E-state index in [-0.39, 0.29) is 18.2 Å². The molecule has 6 nitrogen and oxygen atoms in total. The zero-order valence-corrected chi connectivity index (χ0v) is 21.4. The van der Waals surface area contributed by atoms with Crippen molar-refractivity contribution >= 4 is 28.2 Å². The normalized spacial score (nSPS) is 13.7. The first kappa shape index (κ1) is 25.5. The van der Waals surface area contributed by atoms with Gasteiger partial charge in [0.15, 0.2) is 0 Å². The summed E-state index contributed by atoms with van der Waals surface area (Å²) in [5.41, 5.74) is 4.51. The van der Waals surface area contributed by atoms with Crippen molar-refractivity contribution in [3.05, 3.63) is 81.7 Å². The number of carbonyl (C=O) groups is 2. The number of carboxylic acids is 1. The lowest BCUT2D eigenvalue weighted by Crippen LogP contribution is -2.29. The standard InChI is InChI=1S/C29H30N2O4S/c1-3-5-24(16-29(33)34)23-8-10-26(11-9-23)35-19-22-7-4-6-21(14-22)17-31-13-12-27-25(18-31)15-28(36-27)30-20(2)32/h4,6-11,14-15,24H,12-13,16-19H2,1-2H3,(H,30,32)(H,33,34). The predicted molar refractivity (Wildman–Crippen MR) is 142 cm³/mol. The first-order valence-electron chi connectivity index (χ1n) is 12.0. The van der Waals surface area contributed by atoms with Crippen molar-refractivity contribution in [1.29, 1.82) is 0 Å². The molecule has 3 aromatic rings. The van der Waals surface area contributed by atoms with Crippen LogP contribution in [0.15, 0.2) is 54.6 Å². The van der Waals surface area contributed by atoms with Crippen LogP contribution in [0.3, 0.4) is 0 Å². The van der Waals surface area contributed by atoms with Crippen LogP contribution in [0.1, 0.15) is 53.3 Å². The SMILES string of the molecule is CC#CC(CC(=O)O)c1ccc(OCc2cccc(CN3CCc4sc(NC(C)=O)cc4C3)c2)cc1. The number of fused-ring (bicyclic) bond motifs is 1. The van der Waals surface area contributed by atoms with Crippen molar-refractivity contribution in [3.63, 3.8) is 0 Å². The largest absolute Gasteiger partial charge is 0.489 e. The summed E-state index contributed by atoms with van der Waals surface area (Å²) in [6, 6.07) is 18.0. The number of anilines is 1. The topological polar surface area (TPSA) is 78.9 Å². The molecule has 36 heavy (non-hydrogen) atoms. The highest BCUT2D eigenvalue weighted by Gasteiger charge is 2.20. The van der Waals surface area contributed by atoms with E-state index < -0.39 is 5.97 Å². The first-order chi connectivity index (χ1) is 17.4. The molecule has 1 aliphatic heterocycles. The van der Waals surface area contributed by atoms with Crippen LogP contribution in [0.25, 0.3) is 0 Å². The van der Waals surface area contributed by atoms with Gasteiger partial charge in [0.2, 0.25) is 5.91 Å². The Kier molecular flexibility index (Phi) is 8.42. The van der Waals surface area contributed by atoms with Gasteiger partial charge in [0.05, 0.1) is 17.3 Å². The molecule has 0 bridgehead atoms. The summed E-state index contributed by atoms with van der Waals surface area (Å²) in [6.07, 6.45) is 0.977. The number of benzene rings is 2. The Bertz CT molecular complexity index is 1290. The summed E-state index contributed by atoms with van der Waals surface area (Å²) in [5, 5.41) is 13.0. The van der Waals surface area contributed by atoms with Crippen molar-refractivity contribution in [3.8, 4) is 17.6 Å². The lowest BCUT2D eigenvalue weighted by Gasteiger charge is -2.26. The first-order valence-corrected chi connectivity index (χ1v) is 12.8. The van der Waals surface area contributed by atoms with Gasteiger partial charge in [0.1, 0.15) is 12.4 Å². The smallest absolute Gasteiger partial charge is 0.304 e. The molecule has 1 amide bonds. The molecule has 2 heterocycles. The molecule has 1 aliphatic rings. The van der Waals surface area contributed by atoms with E-state index in [0.717, 1.165) is 47.9 Å². The number of thiophene rings is 1. The third kappa shape index (κ3) is 6.97. The zero-order chi connectivity index (χ0) is 25.5. The second-order valence-corrected chi connectivity index (χ2v) is 10.1. The number of aliphatic carboxylic acids is 1. The van der Waals surface area contributed by atoms with Crippen molar-refractivity contribution in [2.45, 2.75) is 52.3 Å². The van der Waals surface area contributed by atoms with E-state index >= 15 is 0 Å². The van der Waals surface area contributed by atoms with Gasteiger partial charge < -0.3 is 15.2 Å². The third-order valence-electron chi connectivity index (χ3n) is 6.03. The van der Waals surface area contributed by atoms with Crippen molar-refractivity contribution < 1.29 is 19.4 Å². The number of nitrogens with one attached hydrogen (secondary N) is 1. The van der Waals surface area contributed by atoms with Crippen LogP contribution in [0.4, 0.5) is 5.00 Å². The van der Waals surface area contributed by atoms with Crippen LogP contribution in [0.5, 0.6) is 5.75 Å². The molecule has 1 unspecified atom stereocenters. The van der Waals surface area contributed by atoms with Gasteiger partial charge in [-0.15, -0.1) is 17.3 Å². The van der Waals surface area contributed by atoms with Crippen LogP contribution in [0.2, 0.25) is 0 Å². The van der Waals surface area contributed by atoms with Gasteiger partial charge in [0, 0.05) is 31.4 Å². The molecule has 0 radical (unpaired) electrons. The molecule has 0 spiro atoms. The van der Waals surface area contributed by atoms with E-state index in [1.807, 2.05) is 24.3 Å². The maximum absolute atomic E-state index is 11.4. The molecule has 4 rings (SSSR count). The van der Waals surface area contributed by atoms with E-state index in [0.29, 0.717) is 6.61 Å². The average Bonchev–Trinajstić information content (AvgIpc) is 3.23. The second-order valence-electron chi connectivity index (χ2n) is 8.92. The molecule has 0 fully saturated rings. The number of amides is 1. The van der Waals surface area contributed by atoms with Crippen LogP contribution >= 0.6 is 11.3 Å². The molecular weight excluding hydrogens is 472 g/mol. The van der Waals surface area contributed by atoms with Gasteiger partial charge in [-0.2, -0.15) is 0 Å². The van der Waals surface area contributed by atoms with E-state index in [1.165, 1.54) is 22.9 Å². The van der Waals surface area contributed by atoms with Crippen LogP contribution < -0.4 is 10.1 Å². The van der Waals surface area contributed by atoms with Gasteiger partial charge in [-0.25, -0.2) is 0 Å². The molecule has 0 saturated heterocycles.